The molecule has 0 saturated carbocycles. The zero-order valence-electron chi connectivity index (χ0n) is 11.7. The Balaban J connectivity index is 1.66. The van der Waals surface area contributed by atoms with Gasteiger partial charge in [0.15, 0.2) is 0 Å². The third-order valence-corrected chi connectivity index (χ3v) is 4.65. The van der Waals surface area contributed by atoms with Gasteiger partial charge in [0.1, 0.15) is 5.69 Å². The number of hydrogen-bond acceptors (Lipinski definition) is 4. The standard InChI is InChI=1S/C16H18N2O2S/c19-10-13-6-7-18(9-13)16(20)14-11-21-15(17-14)8-12-4-2-1-3-5-12/h1-5,11,13,19H,6-10H2. The highest BCUT2D eigenvalue weighted by molar-refractivity contribution is 7.09. The van der Waals surface area contributed by atoms with E-state index in [0.717, 1.165) is 24.4 Å². The van der Waals surface area contributed by atoms with E-state index in [2.05, 4.69) is 17.1 Å². The van der Waals surface area contributed by atoms with Crippen molar-refractivity contribution in [2.75, 3.05) is 19.7 Å². The fraction of sp³-hybridized carbons (Fsp3) is 0.375. The Morgan fingerprint density at radius 1 is 1.38 bits per heavy atom. The molecule has 5 heteroatoms. The normalized spacial score (nSPS) is 18.1. The average Bonchev–Trinajstić information content (AvgIpc) is 3.16. The first kappa shape index (κ1) is 14.2. The number of aromatic nitrogens is 1. The summed E-state index contributed by atoms with van der Waals surface area (Å²) in [7, 11) is 0. The number of benzene rings is 1. The molecule has 4 nitrogen and oxygen atoms in total. The average molecular weight is 302 g/mol. The molecule has 2 aromatic rings. The van der Waals surface area contributed by atoms with Crippen molar-refractivity contribution in [3.8, 4) is 0 Å². The summed E-state index contributed by atoms with van der Waals surface area (Å²) >= 11 is 1.53. The fourth-order valence-corrected chi connectivity index (χ4v) is 3.39. The highest BCUT2D eigenvalue weighted by atomic mass is 32.1. The second-order valence-corrected chi connectivity index (χ2v) is 6.32. The third-order valence-electron chi connectivity index (χ3n) is 3.80. The zero-order valence-corrected chi connectivity index (χ0v) is 12.6. The molecule has 2 heterocycles. The molecular formula is C16H18N2O2S. The third kappa shape index (κ3) is 3.31. The van der Waals surface area contributed by atoms with Crippen LogP contribution in [0.15, 0.2) is 35.7 Å². The molecule has 1 atom stereocenters. The molecule has 0 spiro atoms. The van der Waals surface area contributed by atoms with Crippen LogP contribution in [0, 0.1) is 5.92 Å². The molecule has 110 valence electrons. The van der Waals surface area contributed by atoms with Crippen LogP contribution in [0.3, 0.4) is 0 Å². The molecule has 1 N–H and O–H groups in total. The molecule has 1 amide bonds. The lowest BCUT2D eigenvalue weighted by molar-refractivity contribution is 0.0776. The number of carbonyl (C=O) groups is 1. The van der Waals surface area contributed by atoms with Crippen LogP contribution in [-0.2, 0) is 6.42 Å². The van der Waals surface area contributed by atoms with E-state index in [9.17, 15) is 4.79 Å². The summed E-state index contributed by atoms with van der Waals surface area (Å²) in [4.78, 5) is 18.6. The molecule has 1 aromatic heterocycles. The number of nitrogens with zero attached hydrogens (tertiary/aromatic N) is 2. The molecule has 3 rings (SSSR count). The van der Waals surface area contributed by atoms with E-state index >= 15 is 0 Å². The molecular weight excluding hydrogens is 284 g/mol. The van der Waals surface area contributed by atoms with Gasteiger partial charge in [-0.25, -0.2) is 4.98 Å². The summed E-state index contributed by atoms with van der Waals surface area (Å²) in [6.45, 7) is 1.51. The van der Waals surface area contributed by atoms with Crippen LogP contribution in [0.25, 0.3) is 0 Å². The molecule has 0 radical (unpaired) electrons. The lowest BCUT2D eigenvalue weighted by Crippen LogP contribution is -2.29. The van der Waals surface area contributed by atoms with E-state index in [1.807, 2.05) is 23.6 Å². The first-order valence-corrected chi connectivity index (χ1v) is 8.02. The Hall–Kier alpha value is -1.72. The summed E-state index contributed by atoms with van der Waals surface area (Å²) in [5.74, 6) is 0.206. The van der Waals surface area contributed by atoms with Crippen molar-refractivity contribution in [3.63, 3.8) is 0 Å². The van der Waals surface area contributed by atoms with E-state index in [4.69, 9.17) is 5.11 Å². The summed E-state index contributed by atoms with van der Waals surface area (Å²) in [5.41, 5.74) is 1.73. The van der Waals surface area contributed by atoms with Crippen molar-refractivity contribution in [2.45, 2.75) is 12.8 Å². The van der Waals surface area contributed by atoms with Gasteiger partial charge in [0, 0.05) is 37.4 Å². The van der Waals surface area contributed by atoms with Crippen molar-refractivity contribution >= 4 is 17.2 Å². The lowest BCUT2D eigenvalue weighted by atomic mass is 10.1. The smallest absolute Gasteiger partial charge is 0.273 e. The van der Waals surface area contributed by atoms with Crippen LogP contribution in [0.5, 0.6) is 0 Å². The van der Waals surface area contributed by atoms with E-state index < -0.39 is 0 Å². The first-order valence-electron chi connectivity index (χ1n) is 7.14. The summed E-state index contributed by atoms with van der Waals surface area (Å²) < 4.78 is 0. The molecule has 1 aliphatic heterocycles. The summed E-state index contributed by atoms with van der Waals surface area (Å²) in [6.07, 6.45) is 1.64. The molecule has 21 heavy (non-hydrogen) atoms. The van der Waals surface area contributed by atoms with E-state index in [0.29, 0.717) is 12.2 Å². The van der Waals surface area contributed by atoms with Gasteiger partial charge in [-0.15, -0.1) is 11.3 Å². The molecule has 1 aromatic carbocycles. The van der Waals surface area contributed by atoms with Crippen LogP contribution in [0.2, 0.25) is 0 Å². The van der Waals surface area contributed by atoms with Crippen molar-refractivity contribution in [1.29, 1.82) is 0 Å². The van der Waals surface area contributed by atoms with Crippen molar-refractivity contribution < 1.29 is 9.90 Å². The Labute approximate surface area is 128 Å². The number of thiazole rings is 1. The number of amides is 1. The van der Waals surface area contributed by atoms with Gasteiger partial charge >= 0.3 is 0 Å². The second kappa shape index (κ2) is 6.37. The van der Waals surface area contributed by atoms with Gasteiger partial charge in [-0.3, -0.25) is 4.79 Å². The monoisotopic (exact) mass is 302 g/mol. The molecule has 1 aliphatic rings. The second-order valence-electron chi connectivity index (χ2n) is 5.38. The predicted octanol–water partition coefficient (Wildman–Crippen LogP) is 2.19. The molecule has 0 bridgehead atoms. The maximum Gasteiger partial charge on any atom is 0.273 e. The van der Waals surface area contributed by atoms with Gasteiger partial charge in [0.25, 0.3) is 5.91 Å². The van der Waals surface area contributed by atoms with Gasteiger partial charge < -0.3 is 10.0 Å². The Morgan fingerprint density at radius 3 is 2.90 bits per heavy atom. The van der Waals surface area contributed by atoms with Gasteiger partial charge in [0.2, 0.25) is 0 Å². The quantitative estimate of drug-likeness (QED) is 0.942. The van der Waals surface area contributed by atoms with Gasteiger partial charge in [-0.05, 0) is 12.0 Å². The van der Waals surface area contributed by atoms with Crippen LogP contribution in [0.1, 0.15) is 27.5 Å². The summed E-state index contributed by atoms with van der Waals surface area (Å²) in [5, 5.41) is 12.0. The maximum atomic E-state index is 12.4. The van der Waals surface area contributed by atoms with Crippen molar-refractivity contribution in [3.05, 3.63) is 52.0 Å². The number of likely N-dealkylation sites (tertiary alicyclic amines) is 1. The van der Waals surface area contributed by atoms with Crippen LogP contribution < -0.4 is 0 Å². The first-order chi connectivity index (χ1) is 10.3. The SMILES string of the molecule is O=C(c1csc(Cc2ccccc2)n1)N1CCC(CO)C1. The highest BCUT2D eigenvalue weighted by Gasteiger charge is 2.27. The number of aliphatic hydroxyl groups is 1. The van der Waals surface area contributed by atoms with E-state index in [1.165, 1.54) is 16.9 Å². The lowest BCUT2D eigenvalue weighted by Gasteiger charge is -2.14. The van der Waals surface area contributed by atoms with E-state index in [1.54, 1.807) is 4.90 Å². The molecule has 1 fully saturated rings. The minimum Gasteiger partial charge on any atom is -0.396 e. The number of hydrogen-bond donors (Lipinski definition) is 1. The van der Waals surface area contributed by atoms with Crippen molar-refractivity contribution in [1.82, 2.24) is 9.88 Å². The summed E-state index contributed by atoms with van der Waals surface area (Å²) in [6, 6.07) is 10.1. The minimum atomic E-state index is -0.0125. The van der Waals surface area contributed by atoms with Crippen LogP contribution in [0.4, 0.5) is 0 Å². The van der Waals surface area contributed by atoms with Crippen LogP contribution in [-0.4, -0.2) is 40.6 Å². The minimum absolute atomic E-state index is 0.0125. The van der Waals surface area contributed by atoms with Gasteiger partial charge in [0.05, 0.1) is 5.01 Å². The molecule has 1 saturated heterocycles. The van der Waals surface area contributed by atoms with Crippen molar-refractivity contribution in [2.24, 2.45) is 5.92 Å². The predicted molar refractivity (Wildman–Crippen MR) is 82.5 cm³/mol. The van der Waals surface area contributed by atoms with Gasteiger partial charge in [-0.1, -0.05) is 30.3 Å². The maximum absolute atomic E-state index is 12.4. The number of rotatable bonds is 4. The molecule has 0 aliphatic carbocycles. The van der Waals surface area contributed by atoms with Gasteiger partial charge in [-0.2, -0.15) is 0 Å². The zero-order chi connectivity index (χ0) is 14.7. The van der Waals surface area contributed by atoms with E-state index in [-0.39, 0.29) is 18.4 Å². The Kier molecular flexibility index (Phi) is 4.31. The Morgan fingerprint density at radius 2 is 2.19 bits per heavy atom. The fourth-order valence-electron chi connectivity index (χ4n) is 2.59. The number of carbonyl (C=O) groups excluding carboxylic acids is 1. The Bertz CT molecular complexity index is 612. The molecule has 1 unspecified atom stereocenters. The number of aliphatic hydroxyl groups excluding tert-OH is 1. The van der Waals surface area contributed by atoms with Crippen LogP contribution >= 0.6 is 11.3 Å². The topological polar surface area (TPSA) is 53.4 Å². The largest absolute Gasteiger partial charge is 0.396 e. The highest BCUT2D eigenvalue weighted by Crippen LogP contribution is 2.20.